The molecule has 0 aliphatic heterocycles. The molecule has 118 valence electrons. The summed E-state index contributed by atoms with van der Waals surface area (Å²) in [6, 6.07) is 4.34. The number of nitrogens with one attached hydrogen (secondary N) is 1. The van der Waals surface area contributed by atoms with E-state index in [0.29, 0.717) is 11.8 Å². The lowest BCUT2D eigenvalue weighted by atomic mass is 9.85. The molecule has 1 aromatic carbocycles. The number of carbonyl (C=O) groups is 1. The summed E-state index contributed by atoms with van der Waals surface area (Å²) < 4.78 is 38.0. The van der Waals surface area contributed by atoms with E-state index in [-0.39, 0.29) is 17.0 Å². The van der Waals surface area contributed by atoms with Crippen molar-refractivity contribution in [2.45, 2.75) is 39.4 Å². The first-order chi connectivity index (χ1) is 9.55. The molecule has 6 heteroatoms. The van der Waals surface area contributed by atoms with Gasteiger partial charge in [0.1, 0.15) is 0 Å². The Bertz CT molecular complexity index is 494. The highest BCUT2D eigenvalue weighted by molar-refractivity contribution is 9.09. The summed E-state index contributed by atoms with van der Waals surface area (Å²) in [5.41, 5.74) is -0.970. The zero-order valence-electron chi connectivity index (χ0n) is 12.2. The monoisotopic (exact) mass is 365 g/mol. The molecule has 0 spiro atoms. The van der Waals surface area contributed by atoms with Crippen LogP contribution in [0.4, 0.5) is 13.2 Å². The molecular weight excluding hydrogens is 347 g/mol. The van der Waals surface area contributed by atoms with E-state index in [1.54, 1.807) is 0 Å². The molecule has 21 heavy (non-hydrogen) atoms. The van der Waals surface area contributed by atoms with E-state index < -0.39 is 17.6 Å². The lowest BCUT2D eigenvalue weighted by Gasteiger charge is -2.31. The standard InChI is InChI=1S/C15H19BrF3NO/c1-14(2,3)12(7-8-16)20-13(21)10-5-4-6-11(9-10)15(17,18)19/h4-6,9,12H,7-8H2,1-3H3,(H,20,21). The van der Waals surface area contributed by atoms with E-state index in [4.69, 9.17) is 0 Å². The van der Waals surface area contributed by atoms with Crippen molar-refractivity contribution < 1.29 is 18.0 Å². The highest BCUT2D eigenvalue weighted by Crippen LogP contribution is 2.29. The number of rotatable bonds is 4. The van der Waals surface area contributed by atoms with Gasteiger partial charge in [-0.1, -0.05) is 42.8 Å². The number of halogens is 4. The summed E-state index contributed by atoms with van der Waals surface area (Å²) in [4.78, 5) is 12.2. The summed E-state index contributed by atoms with van der Waals surface area (Å²) in [5.74, 6) is -0.484. The largest absolute Gasteiger partial charge is 0.416 e. The third-order valence-corrected chi connectivity index (χ3v) is 3.66. The Labute approximate surface area is 131 Å². The first-order valence-corrected chi connectivity index (χ1v) is 7.72. The maximum atomic E-state index is 12.7. The Kier molecular flexibility index (Phi) is 5.84. The second-order valence-corrected chi connectivity index (χ2v) is 6.74. The van der Waals surface area contributed by atoms with Crippen molar-refractivity contribution in [3.63, 3.8) is 0 Å². The summed E-state index contributed by atoms with van der Waals surface area (Å²) in [5, 5.41) is 3.52. The Hall–Kier alpha value is -1.04. The molecule has 1 N–H and O–H groups in total. The van der Waals surface area contributed by atoms with E-state index in [1.807, 2.05) is 20.8 Å². The van der Waals surface area contributed by atoms with Crippen LogP contribution in [0.2, 0.25) is 0 Å². The third-order valence-electron chi connectivity index (χ3n) is 3.20. The van der Waals surface area contributed by atoms with E-state index in [1.165, 1.54) is 12.1 Å². The van der Waals surface area contributed by atoms with Gasteiger partial charge >= 0.3 is 6.18 Å². The minimum absolute atomic E-state index is 0.0219. The van der Waals surface area contributed by atoms with Gasteiger partial charge in [0.25, 0.3) is 5.91 Å². The number of carbonyl (C=O) groups excluding carboxylic acids is 1. The Morgan fingerprint density at radius 1 is 1.29 bits per heavy atom. The lowest BCUT2D eigenvalue weighted by Crippen LogP contribution is -2.44. The fourth-order valence-corrected chi connectivity index (χ4v) is 2.37. The van der Waals surface area contributed by atoms with E-state index >= 15 is 0 Å². The van der Waals surface area contributed by atoms with Crippen molar-refractivity contribution in [1.29, 1.82) is 0 Å². The van der Waals surface area contributed by atoms with E-state index in [9.17, 15) is 18.0 Å². The van der Waals surface area contributed by atoms with Crippen molar-refractivity contribution in [3.05, 3.63) is 35.4 Å². The second kappa shape index (κ2) is 6.81. The molecule has 0 aromatic heterocycles. The van der Waals surface area contributed by atoms with Crippen LogP contribution >= 0.6 is 15.9 Å². The van der Waals surface area contributed by atoms with Gasteiger partial charge < -0.3 is 5.32 Å². The summed E-state index contributed by atoms with van der Waals surface area (Å²) >= 11 is 3.33. The number of hydrogen-bond acceptors (Lipinski definition) is 1. The van der Waals surface area contributed by atoms with Crippen LogP contribution in [0.5, 0.6) is 0 Å². The smallest absolute Gasteiger partial charge is 0.349 e. The van der Waals surface area contributed by atoms with Gasteiger partial charge in [-0.15, -0.1) is 0 Å². The van der Waals surface area contributed by atoms with Gasteiger partial charge in [0.05, 0.1) is 5.56 Å². The molecule has 0 aliphatic rings. The molecule has 0 heterocycles. The van der Waals surface area contributed by atoms with Gasteiger partial charge in [0, 0.05) is 16.9 Å². The van der Waals surface area contributed by atoms with Gasteiger partial charge in [0.2, 0.25) is 0 Å². The highest BCUT2D eigenvalue weighted by Gasteiger charge is 2.31. The summed E-state index contributed by atoms with van der Waals surface area (Å²) in [7, 11) is 0. The molecule has 2 nitrogen and oxygen atoms in total. The molecule has 0 saturated heterocycles. The second-order valence-electron chi connectivity index (χ2n) is 5.95. The molecule has 1 amide bonds. The van der Waals surface area contributed by atoms with Crippen molar-refractivity contribution >= 4 is 21.8 Å². The predicted octanol–water partition coefficient (Wildman–Crippen LogP) is 4.63. The van der Waals surface area contributed by atoms with Crippen molar-refractivity contribution in [3.8, 4) is 0 Å². The van der Waals surface area contributed by atoms with Crippen molar-refractivity contribution in [1.82, 2.24) is 5.32 Å². The first-order valence-electron chi connectivity index (χ1n) is 6.60. The summed E-state index contributed by atoms with van der Waals surface area (Å²) in [6.07, 6.45) is -3.75. The van der Waals surface area contributed by atoms with Crippen LogP contribution in [-0.4, -0.2) is 17.3 Å². The fraction of sp³-hybridized carbons (Fsp3) is 0.533. The minimum atomic E-state index is -4.45. The van der Waals surface area contributed by atoms with Crippen LogP contribution in [0.3, 0.4) is 0 Å². The van der Waals surface area contributed by atoms with Gasteiger partial charge in [-0.05, 0) is 30.0 Å². The van der Waals surface area contributed by atoms with Gasteiger partial charge in [-0.2, -0.15) is 13.2 Å². The molecule has 0 bridgehead atoms. The molecule has 0 aliphatic carbocycles. The molecule has 1 aromatic rings. The van der Waals surface area contributed by atoms with E-state index in [0.717, 1.165) is 12.1 Å². The van der Waals surface area contributed by atoms with E-state index in [2.05, 4.69) is 21.2 Å². The number of hydrogen-bond donors (Lipinski definition) is 1. The molecule has 1 rings (SSSR count). The van der Waals surface area contributed by atoms with Crippen LogP contribution in [-0.2, 0) is 6.18 Å². The SMILES string of the molecule is CC(C)(C)C(CCBr)NC(=O)c1cccc(C(F)(F)F)c1. The Morgan fingerprint density at radius 3 is 2.38 bits per heavy atom. The Balaban J connectivity index is 2.93. The summed E-state index contributed by atoms with van der Waals surface area (Å²) in [6.45, 7) is 5.94. The maximum absolute atomic E-state index is 12.7. The number of benzene rings is 1. The normalized spacial score (nSPS) is 13.9. The average molecular weight is 366 g/mol. The topological polar surface area (TPSA) is 29.1 Å². The van der Waals surface area contributed by atoms with Gasteiger partial charge in [-0.3, -0.25) is 4.79 Å². The lowest BCUT2D eigenvalue weighted by molar-refractivity contribution is -0.137. The van der Waals surface area contributed by atoms with Crippen LogP contribution in [0.15, 0.2) is 24.3 Å². The fourth-order valence-electron chi connectivity index (χ4n) is 1.91. The van der Waals surface area contributed by atoms with Crippen LogP contribution in [0, 0.1) is 5.41 Å². The molecule has 0 fully saturated rings. The van der Waals surface area contributed by atoms with Crippen LogP contribution < -0.4 is 5.32 Å². The zero-order valence-corrected chi connectivity index (χ0v) is 13.8. The number of amides is 1. The Morgan fingerprint density at radius 2 is 1.90 bits per heavy atom. The minimum Gasteiger partial charge on any atom is -0.349 e. The van der Waals surface area contributed by atoms with Gasteiger partial charge in [0.15, 0.2) is 0 Å². The molecule has 1 unspecified atom stereocenters. The van der Waals surface area contributed by atoms with Crippen LogP contribution in [0.1, 0.15) is 43.1 Å². The molecule has 1 atom stereocenters. The molecular formula is C15H19BrF3NO. The maximum Gasteiger partial charge on any atom is 0.416 e. The predicted molar refractivity (Wildman–Crippen MR) is 80.6 cm³/mol. The van der Waals surface area contributed by atoms with Crippen molar-refractivity contribution in [2.75, 3.05) is 5.33 Å². The number of alkyl halides is 4. The molecule has 0 radical (unpaired) electrons. The van der Waals surface area contributed by atoms with Crippen LogP contribution in [0.25, 0.3) is 0 Å². The van der Waals surface area contributed by atoms with Crippen molar-refractivity contribution in [2.24, 2.45) is 5.41 Å². The van der Waals surface area contributed by atoms with Gasteiger partial charge in [-0.25, -0.2) is 0 Å². The third kappa shape index (κ3) is 5.34. The average Bonchev–Trinajstić information content (AvgIpc) is 2.36. The highest BCUT2D eigenvalue weighted by atomic mass is 79.9. The quantitative estimate of drug-likeness (QED) is 0.774. The first kappa shape index (κ1) is 18.0. The molecule has 0 saturated carbocycles. The zero-order chi connectivity index (χ0) is 16.3.